The Morgan fingerprint density at radius 2 is 2.12 bits per heavy atom. The molecule has 1 aliphatic heterocycles. The van der Waals surface area contributed by atoms with Gasteiger partial charge in [-0.1, -0.05) is 0 Å². The fraction of sp³-hybridized carbons (Fsp3) is 0.600. The average Bonchev–Trinajstić information content (AvgIpc) is 2.78. The molecule has 0 aliphatic carbocycles. The largest absolute Gasteiger partial charge is 0.467 e. The van der Waals surface area contributed by atoms with Gasteiger partial charge in [0, 0.05) is 0 Å². The van der Waals surface area contributed by atoms with Gasteiger partial charge in [0.05, 0.1) is 12.9 Å². The minimum absolute atomic E-state index is 0.0684. The SMILES string of the molecule is O[C@@H]1[C@@H](O)[C@H](OCc2ccco2)OC[C@H]1O. The molecule has 0 bridgehead atoms. The van der Waals surface area contributed by atoms with Crippen LogP contribution < -0.4 is 0 Å². The Bertz CT molecular complexity index is 311. The molecule has 0 spiro atoms. The van der Waals surface area contributed by atoms with E-state index in [0.717, 1.165) is 0 Å². The van der Waals surface area contributed by atoms with Gasteiger partial charge in [0.25, 0.3) is 0 Å². The Morgan fingerprint density at radius 1 is 1.31 bits per heavy atom. The third-order valence-electron chi connectivity index (χ3n) is 2.42. The second-order valence-electron chi connectivity index (χ2n) is 3.64. The summed E-state index contributed by atoms with van der Waals surface area (Å²) >= 11 is 0. The average molecular weight is 230 g/mol. The summed E-state index contributed by atoms with van der Waals surface area (Å²) in [5.74, 6) is 0.594. The van der Waals surface area contributed by atoms with Crippen molar-refractivity contribution in [2.24, 2.45) is 0 Å². The van der Waals surface area contributed by atoms with Crippen LogP contribution in [-0.2, 0) is 16.1 Å². The number of aliphatic hydroxyl groups excluding tert-OH is 3. The molecule has 0 saturated carbocycles. The van der Waals surface area contributed by atoms with Gasteiger partial charge in [-0.2, -0.15) is 0 Å². The second-order valence-corrected chi connectivity index (χ2v) is 3.64. The monoisotopic (exact) mass is 230 g/mol. The van der Waals surface area contributed by atoms with Gasteiger partial charge >= 0.3 is 0 Å². The molecule has 6 heteroatoms. The lowest BCUT2D eigenvalue weighted by Gasteiger charge is -2.34. The molecule has 0 unspecified atom stereocenters. The van der Waals surface area contributed by atoms with Crippen molar-refractivity contribution in [3.05, 3.63) is 24.2 Å². The second kappa shape index (κ2) is 4.94. The fourth-order valence-electron chi connectivity index (χ4n) is 1.48. The van der Waals surface area contributed by atoms with Crippen molar-refractivity contribution in [3.63, 3.8) is 0 Å². The molecule has 2 heterocycles. The first-order valence-electron chi connectivity index (χ1n) is 4.98. The molecule has 1 fully saturated rings. The number of ether oxygens (including phenoxy) is 2. The quantitative estimate of drug-likeness (QED) is 0.632. The van der Waals surface area contributed by atoms with Crippen molar-refractivity contribution >= 4 is 0 Å². The van der Waals surface area contributed by atoms with Gasteiger partial charge in [-0.05, 0) is 12.1 Å². The van der Waals surface area contributed by atoms with Crippen LogP contribution in [0, 0.1) is 0 Å². The Hall–Kier alpha value is -0.920. The van der Waals surface area contributed by atoms with Gasteiger partial charge in [0.2, 0.25) is 0 Å². The highest BCUT2D eigenvalue weighted by atomic mass is 16.7. The van der Waals surface area contributed by atoms with Crippen molar-refractivity contribution in [2.45, 2.75) is 31.2 Å². The zero-order valence-corrected chi connectivity index (χ0v) is 8.52. The standard InChI is InChI=1S/C10H14O6/c11-7-5-16-10(9(13)8(7)12)15-4-6-2-1-3-14-6/h1-3,7-13H,4-5H2/t7-,8+,9-,10-/m1/s1. The lowest BCUT2D eigenvalue weighted by molar-refractivity contribution is -0.274. The van der Waals surface area contributed by atoms with E-state index in [2.05, 4.69) is 0 Å². The zero-order chi connectivity index (χ0) is 11.5. The number of rotatable bonds is 3. The molecule has 6 nitrogen and oxygen atoms in total. The lowest BCUT2D eigenvalue weighted by Crippen LogP contribution is -2.53. The summed E-state index contributed by atoms with van der Waals surface area (Å²) < 4.78 is 15.3. The summed E-state index contributed by atoms with van der Waals surface area (Å²) in [6.45, 7) is 0.0680. The number of aliphatic hydroxyl groups is 3. The van der Waals surface area contributed by atoms with Crippen molar-refractivity contribution in [1.82, 2.24) is 0 Å². The Labute approximate surface area is 92.0 Å². The van der Waals surface area contributed by atoms with Crippen LogP contribution in [-0.4, -0.2) is 46.5 Å². The third kappa shape index (κ3) is 2.42. The first-order chi connectivity index (χ1) is 7.68. The molecule has 1 saturated heterocycles. The summed E-state index contributed by atoms with van der Waals surface area (Å²) in [4.78, 5) is 0. The van der Waals surface area contributed by atoms with E-state index in [1.807, 2.05) is 0 Å². The summed E-state index contributed by atoms with van der Waals surface area (Å²) in [5.41, 5.74) is 0. The maximum absolute atomic E-state index is 9.55. The topological polar surface area (TPSA) is 92.3 Å². The van der Waals surface area contributed by atoms with E-state index in [-0.39, 0.29) is 13.2 Å². The molecular formula is C10H14O6. The lowest BCUT2D eigenvalue weighted by atomic mass is 10.1. The van der Waals surface area contributed by atoms with Crippen LogP contribution in [0.15, 0.2) is 22.8 Å². The summed E-state index contributed by atoms with van der Waals surface area (Å²) in [6.07, 6.45) is -3.05. The molecule has 0 amide bonds. The third-order valence-corrected chi connectivity index (χ3v) is 2.42. The Morgan fingerprint density at radius 3 is 2.81 bits per heavy atom. The van der Waals surface area contributed by atoms with Crippen LogP contribution in [0.4, 0.5) is 0 Å². The van der Waals surface area contributed by atoms with E-state index < -0.39 is 24.6 Å². The van der Waals surface area contributed by atoms with Crippen LogP contribution >= 0.6 is 0 Å². The minimum atomic E-state index is -1.27. The van der Waals surface area contributed by atoms with Crippen molar-refractivity contribution in [3.8, 4) is 0 Å². The van der Waals surface area contributed by atoms with Gasteiger partial charge in [0.1, 0.15) is 30.7 Å². The number of hydrogen-bond donors (Lipinski definition) is 3. The summed E-state index contributed by atoms with van der Waals surface area (Å²) in [5, 5.41) is 28.1. The van der Waals surface area contributed by atoms with Gasteiger partial charge < -0.3 is 29.2 Å². The van der Waals surface area contributed by atoms with Gasteiger partial charge in [0.15, 0.2) is 6.29 Å². The van der Waals surface area contributed by atoms with Gasteiger partial charge in [-0.25, -0.2) is 0 Å². The van der Waals surface area contributed by atoms with Crippen molar-refractivity contribution < 1.29 is 29.2 Å². The van der Waals surface area contributed by atoms with Crippen LogP contribution in [0.5, 0.6) is 0 Å². The van der Waals surface area contributed by atoms with E-state index in [9.17, 15) is 15.3 Å². The highest BCUT2D eigenvalue weighted by Gasteiger charge is 2.38. The van der Waals surface area contributed by atoms with E-state index in [1.54, 1.807) is 12.1 Å². The molecule has 1 aliphatic rings. The molecule has 1 aromatic heterocycles. The maximum atomic E-state index is 9.55. The number of furan rings is 1. The summed E-state index contributed by atoms with van der Waals surface area (Å²) in [7, 11) is 0. The fourth-order valence-corrected chi connectivity index (χ4v) is 1.48. The molecule has 0 radical (unpaired) electrons. The highest BCUT2D eigenvalue weighted by molar-refractivity contribution is 4.96. The number of hydrogen-bond acceptors (Lipinski definition) is 6. The minimum Gasteiger partial charge on any atom is -0.467 e. The normalized spacial score (nSPS) is 35.2. The van der Waals surface area contributed by atoms with Crippen LogP contribution in [0.3, 0.4) is 0 Å². The van der Waals surface area contributed by atoms with E-state index in [1.165, 1.54) is 6.26 Å². The van der Waals surface area contributed by atoms with Crippen molar-refractivity contribution in [2.75, 3.05) is 6.61 Å². The van der Waals surface area contributed by atoms with Crippen LogP contribution in [0.25, 0.3) is 0 Å². The van der Waals surface area contributed by atoms with Gasteiger partial charge in [-0.15, -0.1) is 0 Å². The molecule has 3 N–H and O–H groups in total. The highest BCUT2D eigenvalue weighted by Crippen LogP contribution is 2.17. The molecule has 4 atom stereocenters. The molecule has 1 aromatic rings. The van der Waals surface area contributed by atoms with Crippen LogP contribution in [0.2, 0.25) is 0 Å². The predicted molar refractivity (Wildman–Crippen MR) is 51.3 cm³/mol. The first-order valence-corrected chi connectivity index (χ1v) is 4.98. The predicted octanol–water partition coefficient (Wildman–Crippen LogP) is -0.765. The van der Waals surface area contributed by atoms with E-state index >= 15 is 0 Å². The molecular weight excluding hydrogens is 216 g/mol. The van der Waals surface area contributed by atoms with E-state index in [0.29, 0.717) is 5.76 Å². The molecule has 16 heavy (non-hydrogen) atoms. The summed E-state index contributed by atoms with van der Waals surface area (Å²) in [6, 6.07) is 3.44. The Balaban J connectivity index is 1.86. The van der Waals surface area contributed by atoms with E-state index in [4.69, 9.17) is 13.9 Å². The van der Waals surface area contributed by atoms with Gasteiger partial charge in [-0.3, -0.25) is 0 Å². The molecule has 0 aromatic carbocycles. The molecule has 90 valence electrons. The molecule has 2 rings (SSSR count). The zero-order valence-electron chi connectivity index (χ0n) is 8.52. The maximum Gasteiger partial charge on any atom is 0.186 e. The van der Waals surface area contributed by atoms with Crippen molar-refractivity contribution in [1.29, 1.82) is 0 Å². The Kier molecular flexibility index (Phi) is 3.57. The smallest absolute Gasteiger partial charge is 0.186 e. The van der Waals surface area contributed by atoms with Crippen LogP contribution in [0.1, 0.15) is 5.76 Å². The first kappa shape index (κ1) is 11.6.